The fourth-order valence-corrected chi connectivity index (χ4v) is 0.821. The molecule has 0 bridgehead atoms. The van der Waals surface area contributed by atoms with Gasteiger partial charge in [0.2, 0.25) is 5.91 Å². The number of carbonyl (C=O) groups is 1. The minimum absolute atomic E-state index is 0.0229. The van der Waals surface area contributed by atoms with Crippen molar-refractivity contribution in [2.45, 2.75) is 20.0 Å². The van der Waals surface area contributed by atoms with Crippen LogP contribution in [0.4, 0.5) is 0 Å². The van der Waals surface area contributed by atoms with Gasteiger partial charge in [-0.05, 0) is 14.0 Å². The highest BCUT2D eigenvalue weighted by Gasteiger charge is 2.11. The molecule has 1 amide bonds. The summed E-state index contributed by atoms with van der Waals surface area (Å²) < 4.78 is 0. The van der Waals surface area contributed by atoms with Gasteiger partial charge in [0.15, 0.2) is 0 Å². The monoisotopic (exact) mass is 174 g/mol. The molecule has 1 unspecified atom stereocenters. The lowest BCUT2D eigenvalue weighted by atomic mass is 10.1. The third kappa shape index (κ3) is 5.09. The van der Waals surface area contributed by atoms with Crippen molar-refractivity contribution >= 4 is 5.91 Å². The lowest BCUT2D eigenvalue weighted by Crippen LogP contribution is -2.37. The summed E-state index contributed by atoms with van der Waals surface area (Å²) in [6.07, 6.45) is -0.476. The van der Waals surface area contributed by atoms with Crippen LogP contribution in [0.2, 0.25) is 0 Å². The minimum atomic E-state index is -0.476. The standard InChI is InChI=1S/C8H18N2O2/c1-6(4-9-3)8(12)10-5-7(2)11/h6-7,9,11H,4-5H2,1-3H3,(H,10,12)/t6?,7-/m1/s1. The molecule has 0 aliphatic carbocycles. The molecule has 2 atom stereocenters. The predicted octanol–water partition coefficient (Wildman–Crippen LogP) is -0.661. The maximum absolute atomic E-state index is 11.2. The summed E-state index contributed by atoms with van der Waals surface area (Å²) in [4.78, 5) is 11.2. The van der Waals surface area contributed by atoms with E-state index < -0.39 is 6.10 Å². The molecule has 0 aromatic rings. The van der Waals surface area contributed by atoms with Gasteiger partial charge in [-0.15, -0.1) is 0 Å². The van der Waals surface area contributed by atoms with Crippen molar-refractivity contribution in [2.24, 2.45) is 5.92 Å². The van der Waals surface area contributed by atoms with Gasteiger partial charge in [0.25, 0.3) is 0 Å². The summed E-state index contributed by atoms with van der Waals surface area (Å²) in [5.74, 6) is -0.0704. The van der Waals surface area contributed by atoms with E-state index in [9.17, 15) is 4.79 Å². The van der Waals surface area contributed by atoms with Gasteiger partial charge >= 0.3 is 0 Å². The van der Waals surface area contributed by atoms with Gasteiger partial charge in [0, 0.05) is 19.0 Å². The zero-order valence-corrected chi connectivity index (χ0v) is 7.92. The fourth-order valence-electron chi connectivity index (χ4n) is 0.821. The number of carbonyl (C=O) groups excluding carboxylic acids is 1. The maximum Gasteiger partial charge on any atom is 0.224 e. The van der Waals surface area contributed by atoms with E-state index in [0.717, 1.165) is 0 Å². The lowest BCUT2D eigenvalue weighted by molar-refractivity contribution is -0.124. The summed E-state index contributed by atoms with van der Waals surface area (Å²) in [6.45, 7) is 4.47. The molecule has 0 aliphatic rings. The second kappa shape index (κ2) is 5.97. The quantitative estimate of drug-likeness (QED) is 0.518. The van der Waals surface area contributed by atoms with Crippen molar-refractivity contribution in [3.8, 4) is 0 Å². The Labute approximate surface area is 73.3 Å². The highest BCUT2D eigenvalue weighted by molar-refractivity contribution is 5.78. The first-order chi connectivity index (χ1) is 5.57. The molecule has 0 heterocycles. The van der Waals surface area contributed by atoms with Crippen LogP contribution >= 0.6 is 0 Å². The number of aliphatic hydroxyl groups excluding tert-OH is 1. The Morgan fingerprint density at radius 1 is 1.42 bits per heavy atom. The average molecular weight is 174 g/mol. The highest BCUT2D eigenvalue weighted by Crippen LogP contribution is 1.91. The first-order valence-electron chi connectivity index (χ1n) is 4.18. The molecular formula is C8H18N2O2. The average Bonchev–Trinajstić information content (AvgIpc) is 2.00. The van der Waals surface area contributed by atoms with Crippen LogP contribution in [0.15, 0.2) is 0 Å². The predicted molar refractivity (Wildman–Crippen MR) is 47.8 cm³/mol. The van der Waals surface area contributed by atoms with Crippen LogP contribution in [-0.4, -0.2) is 37.3 Å². The molecule has 0 rings (SSSR count). The number of amides is 1. The Hall–Kier alpha value is -0.610. The molecule has 0 spiro atoms. The van der Waals surface area contributed by atoms with Gasteiger partial charge in [0.05, 0.1) is 6.10 Å². The summed E-state index contributed by atoms with van der Waals surface area (Å²) in [6, 6.07) is 0. The molecule has 0 aromatic heterocycles. The lowest BCUT2D eigenvalue weighted by Gasteiger charge is -2.12. The van der Waals surface area contributed by atoms with Crippen molar-refractivity contribution < 1.29 is 9.90 Å². The van der Waals surface area contributed by atoms with Crippen LogP contribution in [0.1, 0.15) is 13.8 Å². The van der Waals surface area contributed by atoms with Gasteiger partial charge in [0.1, 0.15) is 0 Å². The molecule has 0 radical (unpaired) electrons. The van der Waals surface area contributed by atoms with Crippen LogP contribution in [0.3, 0.4) is 0 Å². The van der Waals surface area contributed by atoms with E-state index in [4.69, 9.17) is 5.11 Å². The highest BCUT2D eigenvalue weighted by atomic mass is 16.3. The van der Waals surface area contributed by atoms with Gasteiger partial charge < -0.3 is 15.7 Å². The molecule has 12 heavy (non-hydrogen) atoms. The van der Waals surface area contributed by atoms with E-state index in [1.165, 1.54) is 0 Å². The number of nitrogens with one attached hydrogen (secondary N) is 2. The molecule has 4 heteroatoms. The van der Waals surface area contributed by atoms with Crippen LogP contribution in [0.5, 0.6) is 0 Å². The molecule has 0 aliphatic heterocycles. The van der Waals surface area contributed by atoms with Gasteiger partial charge in [-0.3, -0.25) is 4.79 Å². The number of hydrogen-bond acceptors (Lipinski definition) is 3. The van der Waals surface area contributed by atoms with Crippen molar-refractivity contribution in [2.75, 3.05) is 20.1 Å². The van der Waals surface area contributed by atoms with Crippen molar-refractivity contribution in [3.05, 3.63) is 0 Å². The van der Waals surface area contributed by atoms with Crippen LogP contribution in [-0.2, 0) is 4.79 Å². The second-order valence-electron chi connectivity index (χ2n) is 3.05. The molecule has 72 valence electrons. The molecule has 0 saturated heterocycles. The SMILES string of the molecule is CNCC(C)C(=O)NC[C@@H](C)O. The smallest absolute Gasteiger partial charge is 0.224 e. The molecule has 3 N–H and O–H groups in total. The Morgan fingerprint density at radius 3 is 2.42 bits per heavy atom. The van der Waals surface area contributed by atoms with E-state index in [1.54, 1.807) is 14.0 Å². The Morgan fingerprint density at radius 2 is 2.00 bits per heavy atom. The summed E-state index contributed by atoms with van der Waals surface area (Å²) in [5.41, 5.74) is 0. The first kappa shape index (κ1) is 11.4. The number of hydrogen-bond donors (Lipinski definition) is 3. The van der Waals surface area contributed by atoms with E-state index >= 15 is 0 Å². The van der Waals surface area contributed by atoms with Gasteiger partial charge in [-0.1, -0.05) is 6.92 Å². The zero-order chi connectivity index (χ0) is 9.56. The zero-order valence-electron chi connectivity index (χ0n) is 7.92. The Bertz CT molecular complexity index is 137. The Kier molecular flexibility index (Phi) is 5.66. The molecule has 4 nitrogen and oxygen atoms in total. The van der Waals surface area contributed by atoms with E-state index in [0.29, 0.717) is 13.1 Å². The molecule has 0 saturated carbocycles. The molecule has 0 aromatic carbocycles. The van der Waals surface area contributed by atoms with E-state index in [2.05, 4.69) is 10.6 Å². The summed E-state index contributed by atoms with van der Waals surface area (Å²) in [7, 11) is 1.80. The van der Waals surface area contributed by atoms with Crippen LogP contribution < -0.4 is 10.6 Å². The van der Waals surface area contributed by atoms with Gasteiger partial charge in [-0.25, -0.2) is 0 Å². The first-order valence-corrected chi connectivity index (χ1v) is 4.18. The normalized spacial score (nSPS) is 15.3. The summed E-state index contributed by atoms with van der Waals surface area (Å²) >= 11 is 0. The van der Waals surface area contributed by atoms with E-state index in [-0.39, 0.29) is 11.8 Å². The van der Waals surface area contributed by atoms with Crippen LogP contribution in [0, 0.1) is 5.92 Å². The molecule has 0 fully saturated rings. The largest absolute Gasteiger partial charge is 0.392 e. The third-order valence-electron chi connectivity index (χ3n) is 1.53. The van der Waals surface area contributed by atoms with Crippen molar-refractivity contribution in [3.63, 3.8) is 0 Å². The third-order valence-corrected chi connectivity index (χ3v) is 1.53. The summed E-state index contributed by atoms with van der Waals surface area (Å²) in [5, 5.41) is 14.4. The molecular weight excluding hydrogens is 156 g/mol. The number of aliphatic hydroxyl groups is 1. The fraction of sp³-hybridized carbons (Fsp3) is 0.875. The van der Waals surface area contributed by atoms with E-state index in [1.807, 2.05) is 6.92 Å². The number of rotatable bonds is 5. The van der Waals surface area contributed by atoms with Crippen molar-refractivity contribution in [1.29, 1.82) is 0 Å². The van der Waals surface area contributed by atoms with Gasteiger partial charge in [-0.2, -0.15) is 0 Å². The van der Waals surface area contributed by atoms with Crippen molar-refractivity contribution in [1.82, 2.24) is 10.6 Å². The minimum Gasteiger partial charge on any atom is -0.392 e. The second-order valence-corrected chi connectivity index (χ2v) is 3.05. The Balaban J connectivity index is 3.57. The van der Waals surface area contributed by atoms with Crippen LogP contribution in [0.25, 0.3) is 0 Å². The maximum atomic E-state index is 11.2. The topological polar surface area (TPSA) is 61.4 Å².